The van der Waals surface area contributed by atoms with E-state index in [0.717, 1.165) is 62.7 Å². The number of halogens is 1. The standard InChI is InChI=1S/C24H22BrN3S/c1-3-4-14-26-24-23(27-22-13-12-20(25)17(2)28(22)24)21-15-19(16-29-21)11-10-18-8-6-5-7-9-18/h5-9,12-13,15-16,26H,3-4,14H2,1-2H3. The Morgan fingerprint density at radius 2 is 1.90 bits per heavy atom. The topological polar surface area (TPSA) is 29.3 Å². The fraction of sp³-hybridized carbons (Fsp3) is 0.208. The van der Waals surface area contributed by atoms with Crippen molar-refractivity contribution >= 4 is 38.7 Å². The van der Waals surface area contributed by atoms with E-state index in [0.29, 0.717) is 0 Å². The van der Waals surface area contributed by atoms with Crippen LogP contribution in [0.2, 0.25) is 0 Å². The fourth-order valence-corrected chi connectivity index (χ4v) is 4.31. The van der Waals surface area contributed by atoms with Crippen LogP contribution in [-0.4, -0.2) is 15.9 Å². The van der Waals surface area contributed by atoms with Crippen LogP contribution in [0, 0.1) is 18.8 Å². The van der Waals surface area contributed by atoms with Crippen LogP contribution in [0.25, 0.3) is 16.2 Å². The van der Waals surface area contributed by atoms with E-state index < -0.39 is 0 Å². The first-order valence-corrected chi connectivity index (χ1v) is 11.4. The SMILES string of the molecule is CCCCNc1c(-c2cc(C#Cc3ccccc3)cs2)nc2ccc(Br)c(C)n12. The normalized spacial score (nSPS) is 10.7. The van der Waals surface area contributed by atoms with Gasteiger partial charge in [-0.2, -0.15) is 0 Å². The number of rotatable bonds is 5. The second-order valence-corrected chi connectivity index (χ2v) is 8.63. The molecule has 0 fully saturated rings. The van der Waals surface area contributed by atoms with Gasteiger partial charge in [0.25, 0.3) is 0 Å². The van der Waals surface area contributed by atoms with Crippen LogP contribution in [0.1, 0.15) is 36.6 Å². The zero-order valence-electron chi connectivity index (χ0n) is 16.5. The van der Waals surface area contributed by atoms with Gasteiger partial charge in [-0.25, -0.2) is 4.98 Å². The Balaban J connectivity index is 1.74. The minimum absolute atomic E-state index is 0.926. The molecule has 0 amide bonds. The van der Waals surface area contributed by atoms with Gasteiger partial charge in [-0.1, -0.05) is 43.4 Å². The van der Waals surface area contributed by atoms with Crippen molar-refractivity contribution in [1.82, 2.24) is 9.38 Å². The van der Waals surface area contributed by atoms with Gasteiger partial charge in [0, 0.05) is 33.2 Å². The van der Waals surface area contributed by atoms with Crippen LogP contribution in [0.4, 0.5) is 5.82 Å². The Hall–Kier alpha value is -2.55. The van der Waals surface area contributed by atoms with E-state index in [-0.39, 0.29) is 0 Å². The van der Waals surface area contributed by atoms with Gasteiger partial charge in [0.1, 0.15) is 17.2 Å². The molecule has 0 spiro atoms. The van der Waals surface area contributed by atoms with Crippen molar-refractivity contribution in [3.8, 4) is 22.4 Å². The maximum Gasteiger partial charge on any atom is 0.139 e. The van der Waals surface area contributed by atoms with Crippen LogP contribution in [0.15, 0.2) is 58.4 Å². The third-order valence-corrected chi connectivity index (χ3v) is 6.52. The second-order valence-electron chi connectivity index (χ2n) is 6.87. The van der Waals surface area contributed by atoms with E-state index in [1.807, 2.05) is 30.3 Å². The fourth-order valence-electron chi connectivity index (χ4n) is 3.17. The van der Waals surface area contributed by atoms with Gasteiger partial charge in [0.15, 0.2) is 0 Å². The van der Waals surface area contributed by atoms with Gasteiger partial charge in [-0.15, -0.1) is 11.3 Å². The van der Waals surface area contributed by atoms with Gasteiger partial charge in [0.2, 0.25) is 0 Å². The number of imidazole rings is 1. The largest absolute Gasteiger partial charge is 0.369 e. The number of nitrogens with one attached hydrogen (secondary N) is 1. The molecule has 4 rings (SSSR count). The summed E-state index contributed by atoms with van der Waals surface area (Å²) in [5.74, 6) is 7.56. The number of hydrogen-bond acceptors (Lipinski definition) is 3. The summed E-state index contributed by atoms with van der Waals surface area (Å²) >= 11 is 5.34. The number of pyridine rings is 1. The van der Waals surface area contributed by atoms with E-state index in [2.05, 4.69) is 74.9 Å². The number of nitrogens with zero attached hydrogens (tertiary/aromatic N) is 2. The molecular weight excluding hydrogens is 442 g/mol. The molecule has 29 heavy (non-hydrogen) atoms. The molecule has 3 nitrogen and oxygen atoms in total. The van der Waals surface area contributed by atoms with E-state index in [9.17, 15) is 0 Å². The summed E-state index contributed by atoms with van der Waals surface area (Å²) in [6.07, 6.45) is 2.28. The molecule has 0 radical (unpaired) electrons. The highest BCUT2D eigenvalue weighted by atomic mass is 79.9. The van der Waals surface area contributed by atoms with E-state index in [4.69, 9.17) is 4.98 Å². The molecule has 146 valence electrons. The zero-order valence-corrected chi connectivity index (χ0v) is 18.9. The number of aryl methyl sites for hydroxylation is 1. The Morgan fingerprint density at radius 1 is 1.10 bits per heavy atom. The molecule has 4 aromatic rings. The lowest BCUT2D eigenvalue weighted by molar-refractivity contribution is 0.829. The molecule has 0 aliphatic rings. The summed E-state index contributed by atoms with van der Waals surface area (Å²) in [5.41, 5.74) is 5.12. The van der Waals surface area contributed by atoms with Crippen molar-refractivity contribution < 1.29 is 0 Å². The van der Waals surface area contributed by atoms with Crippen LogP contribution in [-0.2, 0) is 0 Å². The molecule has 0 aliphatic heterocycles. The predicted molar refractivity (Wildman–Crippen MR) is 127 cm³/mol. The van der Waals surface area contributed by atoms with Crippen LogP contribution >= 0.6 is 27.3 Å². The molecule has 0 unspecified atom stereocenters. The molecule has 3 aromatic heterocycles. The molecule has 0 bridgehead atoms. The number of fused-ring (bicyclic) bond motifs is 1. The van der Waals surface area contributed by atoms with E-state index in [1.54, 1.807) is 11.3 Å². The maximum absolute atomic E-state index is 4.94. The monoisotopic (exact) mass is 463 g/mol. The summed E-state index contributed by atoms with van der Waals surface area (Å²) in [6, 6.07) is 16.3. The lowest BCUT2D eigenvalue weighted by Gasteiger charge is -2.10. The number of thiophene rings is 1. The molecule has 1 N–H and O–H groups in total. The Labute approximate surface area is 183 Å². The highest BCUT2D eigenvalue weighted by Crippen LogP contribution is 2.35. The average molecular weight is 464 g/mol. The maximum atomic E-state index is 4.94. The minimum atomic E-state index is 0.926. The highest BCUT2D eigenvalue weighted by Gasteiger charge is 2.17. The lowest BCUT2D eigenvalue weighted by atomic mass is 10.2. The van der Waals surface area contributed by atoms with Gasteiger partial charge in [-0.05, 0) is 59.6 Å². The van der Waals surface area contributed by atoms with Crippen molar-refractivity contribution in [2.75, 3.05) is 11.9 Å². The number of aromatic nitrogens is 2. The Morgan fingerprint density at radius 3 is 2.69 bits per heavy atom. The summed E-state index contributed by atoms with van der Waals surface area (Å²) in [5, 5.41) is 5.73. The van der Waals surface area contributed by atoms with Gasteiger partial charge in [0.05, 0.1) is 4.88 Å². The van der Waals surface area contributed by atoms with E-state index in [1.165, 1.54) is 0 Å². The molecular formula is C24H22BrN3S. The summed E-state index contributed by atoms with van der Waals surface area (Å²) in [4.78, 5) is 6.06. The summed E-state index contributed by atoms with van der Waals surface area (Å²) in [6.45, 7) is 5.24. The van der Waals surface area contributed by atoms with Crippen molar-refractivity contribution in [1.29, 1.82) is 0 Å². The molecule has 3 heterocycles. The number of hydrogen-bond donors (Lipinski definition) is 1. The molecule has 0 atom stereocenters. The van der Waals surface area contributed by atoms with Crippen molar-refractivity contribution in [2.24, 2.45) is 0 Å². The zero-order chi connectivity index (χ0) is 20.2. The number of anilines is 1. The van der Waals surface area contributed by atoms with Gasteiger partial charge < -0.3 is 5.32 Å². The van der Waals surface area contributed by atoms with Crippen LogP contribution in [0.3, 0.4) is 0 Å². The first kappa shape index (κ1) is 19.8. The molecule has 0 aliphatic carbocycles. The van der Waals surface area contributed by atoms with Crippen molar-refractivity contribution in [2.45, 2.75) is 26.7 Å². The Bertz CT molecular complexity index is 1200. The third kappa shape index (κ3) is 4.24. The quantitative estimate of drug-likeness (QED) is 0.262. The first-order chi connectivity index (χ1) is 14.2. The second kappa shape index (κ2) is 8.86. The number of benzene rings is 1. The summed E-state index contributed by atoms with van der Waals surface area (Å²) < 4.78 is 3.28. The minimum Gasteiger partial charge on any atom is -0.369 e. The van der Waals surface area contributed by atoms with Crippen molar-refractivity contribution in [3.05, 3.63) is 75.2 Å². The van der Waals surface area contributed by atoms with Gasteiger partial charge in [-0.3, -0.25) is 4.40 Å². The smallest absolute Gasteiger partial charge is 0.139 e. The third-order valence-electron chi connectivity index (χ3n) is 4.74. The lowest BCUT2D eigenvalue weighted by Crippen LogP contribution is -2.06. The first-order valence-electron chi connectivity index (χ1n) is 9.74. The summed E-state index contributed by atoms with van der Waals surface area (Å²) in [7, 11) is 0. The molecule has 0 saturated heterocycles. The molecule has 1 aromatic carbocycles. The Kier molecular flexibility index (Phi) is 6.03. The average Bonchev–Trinajstić information content (AvgIpc) is 3.35. The number of unbranched alkanes of at least 4 members (excludes halogenated alkanes) is 1. The van der Waals surface area contributed by atoms with E-state index >= 15 is 0 Å². The molecule has 5 heteroatoms. The van der Waals surface area contributed by atoms with Gasteiger partial charge >= 0.3 is 0 Å². The van der Waals surface area contributed by atoms with Crippen LogP contribution < -0.4 is 5.32 Å². The van der Waals surface area contributed by atoms with Crippen LogP contribution in [0.5, 0.6) is 0 Å². The van der Waals surface area contributed by atoms with Crippen molar-refractivity contribution in [3.63, 3.8) is 0 Å². The highest BCUT2D eigenvalue weighted by molar-refractivity contribution is 9.10. The predicted octanol–water partition coefficient (Wildman–Crippen LogP) is 6.75. The molecule has 0 saturated carbocycles.